The molecule has 4 rings (SSSR count). The summed E-state index contributed by atoms with van der Waals surface area (Å²) in [4.78, 5) is 16.9. The van der Waals surface area contributed by atoms with Crippen molar-refractivity contribution in [1.29, 1.82) is 5.26 Å². The van der Waals surface area contributed by atoms with Crippen molar-refractivity contribution >= 4 is 62.0 Å². The van der Waals surface area contributed by atoms with Gasteiger partial charge in [0.2, 0.25) is 6.19 Å². The number of hydrogen-bond acceptors (Lipinski definition) is 8. The van der Waals surface area contributed by atoms with Crippen LogP contribution in [0.15, 0.2) is 40.8 Å². The van der Waals surface area contributed by atoms with Crippen LogP contribution in [0.4, 0.5) is 5.69 Å². The molecule has 0 aliphatic heterocycles. The number of benzene rings is 1. The molecule has 0 amide bonds. The number of nitriles is 1. The molecule has 0 aliphatic rings. The Bertz CT molecular complexity index is 1580. The first-order chi connectivity index (χ1) is 15.2. The smallest absolute Gasteiger partial charge is 0.277 e. The fraction of sp³-hybridized carbons (Fsp3) is 0.0556. The Morgan fingerprint density at radius 2 is 1.97 bits per heavy atom. The number of nitrogens with zero attached hydrogens (tertiary/aromatic N) is 6. The largest absolute Gasteiger partial charge is 0.293 e. The molecule has 0 atom stereocenters. The van der Waals surface area contributed by atoms with E-state index in [0.29, 0.717) is 15.6 Å². The van der Waals surface area contributed by atoms with Crippen LogP contribution in [0, 0.1) is 18.4 Å². The molecule has 3 aromatic heterocycles. The Kier molecular flexibility index (Phi) is 5.74. The highest BCUT2D eigenvalue weighted by atomic mass is 35.5. The number of aryl methyl sites for hydroxylation is 1. The van der Waals surface area contributed by atoms with Gasteiger partial charge < -0.3 is 0 Å². The number of aromatic nitrogens is 5. The number of halogens is 2. The van der Waals surface area contributed by atoms with Crippen LogP contribution in [0.25, 0.3) is 22.3 Å². The van der Waals surface area contributed by atoms with E-state index < -0.39 is 15.6 Å². The monoisotopic (exact) mass is 507 g/mol. The number of fused-ring (bicyclic) bond motifs is 1. The zero-order valence-electron chi connectivity index (χ0n) is 16.0. The van der Waals surface area contributed by atoms with Crippen LogP contribution in [0.2, 0.25) is 10.0 Å². The molecular formula is C18H11Cl2N7O3S2. The lowest BCUT2D eigenvalue weighted by atomic mass is 10.2. The molecule has 0 spiro atoms. The van der Waals surface area contributed by atoms with Crippen LogP contribution in [0.1, 0.15) is 10.6 Å². The van der Waals surface area contributed by atoms with Crippen molar-refractivity contribution in [2.24, 2.45) is 0 Å². The normalized spacial score (nSPS) is 11.8. The van der Waals surface area contributed by atoms with E-state index in [-0.39, 0.29) is 26.9 Å². The maximum Gasteiger partial charge on any atom is 0.293 e. The molecular weight excluding hydrogens is 497 g/mol. The number of sulfonamides is 1. The molecule has 0 unspecified atom stereocenters. The standard InChI is InChI=1S/C18H11Cl2N7O3S2/c1-10-23-24-17(31-10)15-16-22-7-11(8-26(16)27(9-21)18(15)28)25-32(29,30)6-5-12-13(19)3-2-4-14(12)20/h2-8,25H,1H3/b6-5+. The lowest BCUT2D eigenvalue weighted by molar-refractivity contribution is 0.609. The number of nitrogens with one attached hydrogen (secondary N) is 1. The highest BCUT2D eigenvalue weighted by Crippen LogP contribution is 2.27. The second-order valence-electron chi connectivity index (χ2n) is 6.31. The van der Waals surface area contributed by atoms with Crippen molar-refractivity contribution in [2.75, 3.05) is 4.72 Å². The van der Waals surface area contributed by atoms with Crippen molar-refractivity contribution in [1.82, 2.24) is 24.4 Å². The zero-order chi connectivity index (χ0) is 23.0. The van der Waals surface area contributed by atoms with Gasteiger partial charge in [-0.15, -0.1) is 14.9 Å². The molecule has 0 fully saturated rings. The van der Waals surface area contributed by atoms with E-state index in [1.54, 1.807) is 31.3 Å². The van der Waals surface area contributed by atoms with E-state index in [4.69, 9.17) is 23.2 Å². The van der Waals surface area contributed by atoms with Gasteiger partial charge in [0.05, 0.1) is 23.5 Å². The topological polar surface area (TPSA) is 135 Å². The maximum absolute atomic E-state index is 12.7. The van der Waals surface area contributed by atoms with Crippen molar-refractivity contribution in [3.8, 4) is 16.8 Å². The minimum Gasteiger partial charge on any atom is -0.277 e. The number of rotatable bonds is 5. The number of hydrogen-bond donors (Lipinski definition) is 1. The lowest BCUT2D eigenvalue weighted by Gasteiger charge is -2.06. The van der Waals surface area contributed by atoms with E-state index >= 15 is 0 Å². The molecule has 0 saturated heterocycles. The highest BCUT2D eigenvalue weighted by Gasteiger charge is 2.21. The molecule has 0 saturated carbocycles. The molecule has 32 heavy (non-hydrogen) atoms. The minimum absolute atomic E-state index is 0.0198. The van der Waals surface area contributed by atoms with Gasteiger partial charge in [-0.2, -0.15) is 5.26 Å². The molecule has 0 radical (unpaired) electrons. The van der Waals surface area contributed by atoms with Gasteiger partial charge in [-0.05, 0) is 25.1 Å². The van der Waals surface area contributed by atoms with Gasteiger partial charge in [0.1, 0.15) is 10.6 Å². The first kappa shape index (κ1) is 22.0. The Hall–Kier alpha value is -3.24. The van der Waals surface area contributed by atoms with Gasteiger partial charge >= 0.3 is 0 Å². The second-order valence-corrected chi connectivity index (χ2v) is 9.88. The van der Waals surface area contributed by atoms with Crippen LogP contribution in [0.3, 0.4) is 0 Å². The highest BCUT2D eigenvalue weighted by molar-refractivity contribution is 7.95. The van der Waals surface area contributed by atoms with E-state index in [2.05, 4.69) is 19.9 Å². The van der Waals surface area contributed by atoms with E-state index in [1.807, 2.05) is 0 Å². The average molecular weight is 508 g/mol. The zero-order valence-corrected chi connectivity index (χ0v) is 19.2. The maximum atomic E-state index is 12.7. The summed E-state index contributed by atoms with van der Waals surface area (Å²) in [7, 11) is -4.00. The molecule has 0 aliphatic carbocycles. The summed E-state index contributed by atoms with van der Waals surface area (Å²) in [6.07, 6.45) is 5.49. The van der Waals surface area contributed by atoms with Gasteiger partial charge in [-0.1, -0.05) is 40.6 Å². The third-order valence-corrected chi connectivity index (χ3v) is 6.69. The summed E-state index contributed by atoms with van der Waals surface area (Å²) in [5.41, 5.74) is -0.0554. The first-order valence-corrected chi connectivity index (χ1v) is 11.8. The predicted octanol–water partition coefficient (Wildman–Crippen LogP) is 3.37. The van der Waals surface area contributed by atoms with Gasteiger partial charge in [0.15, 0.2) is 10.7 Å². The third-order valence-electron chi connectivity index (χ3n) is 4.16. The minimum atomic E-state index is -4.00. The summed E-state index contributed by atoms with van der Waals surface area (Å²) in [5, 5.41) is 19.7. The predicted molar refractivity (Wildman–Crippen MR) is 122 cm³/mol. The molecule has 0 bridgehead atoms. The van der Waals surface area contributed by atoms with Crippen molar-refractivity contribution in [2.45, 2.75) is 6.92 Å². The van der Waals surface area contributed by atoms with Crippen LogP contribution < -0.4 is 10.3 Å². The van der Waals surface area contributed by atoms with Gasteiger partial charge in [0, 0.05) is 15.6 Å². The summed E-state index contributed by atoms with van der Waals surface area (Å²) < 4.78 is 29.2. The first-order valence-electron chi connectivity index (χ1n) is 8.69. The van der Waals surface area contributed by atoms with Crippen molar-refractivity contribution in [3.05, 3.63) is 67.0 Å². The SMILES string of the molecule is Cc1nnc(-c2c(=O)n(C#N)n3cc(NS(=O)(=O)/C=C/c4c(Cl)cccc4Cl)cnc23)s1. The van der Waals surface area contributed by atoms with Gasteiger partial charge in [0.25, 0.3) is 15.6 Å². The summed E-state index contributed by atoms with van der Waals surface area (Å²) >= 11 is 13.3. The van der Waals surface area contributed by atoms with Crippen molar-refractivity contribution in [3.63, 3.8) is 0 Å². The van der Waals surface area contributed by atoms with E-state index in [9.17, 15) is 18.5 Å². The molecule has 1 N–H and O–H groups in total. The fourth-order valence-electron chi connectivity index (χ4n) is 2.80. The Balaban J connectivity index is 1.72. The summed E-state index contributed by atoms with van der Waals surface area (Å²) in [6, 6.07) is 4.79. The third kappa shape index (κ3) is 4.11. The summed E-state index contributed by atoms with van der Waals surface area (Å²) in [6.45, 7) is 1.73. The molecule has 1 aromatic carbocycles. The molecule has 10 nitrogen and oxygen atoms in total. The molecule has 162 valence electrons. The van der Waals surface area contributed by atoms with Gasteiger partial charge in [-0.25, -0.2) is 17.9 Å². The lowest BCUT2D eigenvalue weighted by Crippen LogP contribution is -2.16. The molecule has 3 heterocycles. The molecule has 4 aromatic rings. The van der Waals surface area contributed by atoms with Crippen LogP contribution in [-0.4, -0.2) is 32.8 Å². The van der Waals surface area contributed by atoms with Crippen LogP contribution in [0.5, 0.6) is 0 Å². The Morgan fingerprint density at radius 3 is 2.59 bits per heavy atom. The van der Waals surface area contributed by atoms with Crippen LogP contribution in [-0.2, 0) is 10.0 Å². The van der Waals surface area contributed by atoms with Crippen molar-refractivity contribution < 1.29 is 8.42 Å². The molecule has 14 heteroatoms. The quantitative estimate of drug-likeness (QED) is 0.437. The fourth-order valence-corrected chi connectivity index (χ4v) is 4.87. The van der Waals surface area contributed by atoms with E-state index in [0.717, 1.165) is 14.6 Å². The second kappa shape index (κ2) is 8.36. The van der Waals surface area contributed by atoms with E-state index in [1.165, 1.54) is 29.8 Å². The van der Waals surface area contributed by atoms with Gasteiger partial charge in [-0.3, -0.25) is 9.52 Å². The average Bonchev–Trinajstić information content (AvgIpc) is 3.26. The summed E-state index contributed by atoms with van der Waals surface area (Å²) in [5.74, 6) is 0. The van der Waals surface area contributed by atoms with Crippen LogP contribution >= 0.6 is 34.5 Å². The number of anilines is 1. The Morgan fingerprint density at radius 1 is 1.25 bits per heavy atom. The Labute approximate surface area is 195 Å².